The van der Waals surface area contributed by atoms with Gasteiger partial charge in [-0.25, -0.2) is 0 Å². The molecule has 0 radical (unpaired) electrons. The molecule has 2 N–H and O–H groups in total. The van der Waals surface area contributed by atoms with Gasteiger partial charge in [-0.1, -0.05) is 12.1 Å². The smallest absolute Gasteiger partial charge is 0.255 e. The molecule has 1 rings (SSSR count). The molecule has 17 heavy (non-hydrogen) atoms. The van der Waals surface area contributed by atoms with Crippen LogP contribution in [0.3, 0.4) is 0 Å². The van der Waals surface area contributed by atoms with Crippen LogP contribution in [0.5, 0.6) is 5.75 Å². The zero-order valence-corrected chi connectivity index (χ0v) is 10.2. The summed E-state index contributed by atoms with van der Waals surface area (Å²) in [6, 6.07) is 7.08. The summed E-state index contributed by atoms with van der Waals surface area (Å²) in [6.45, 7) is 5.45. The van der Waals surface area contributed by atoms with Crippen LogP contribution in [0, 0.1) is 23.7 Å². The number of amides is 1. The van der Waals surface area contributed by atoms with Crippen LogP contribution >= 0.6 is 0 Å². The summed E-state index contributed by atoms with van der Waals surface area (Å²) in [5, 5.41) is 21.2. The second kappa shape index (κ2) is 4.88. The zero-order valence-electron chi connectivity index (χ0n) is 10.2. The average molecular weight is 232 g/mol. The van der Waals surface area contributed by atoms with Gasteiger partial charge in [-0.3, -0.25) is 4.79 Å². The van der Waals surface area contributed by atoms with Crippen molar-refractivity contribution in [3.05, 3.63) is 29.3 Å². The maximum absolute atomic E-state index is 11.8. The highest BCUT2D eigenvalue weighted by atomic mass is 16.3. The minimum atomic E-state index is -0.616. The van der Waals surface area contributed by atoms with Crippen molar-refractivity contribution in [1.29, 1.82) is 5.26 Å². The number of rotatable bonds is 3. The van der Waals surface area contributed by atoms with Gasteiger partial charge < -0.3 is 10.4 Å². The summed E-state index contributed by atoms with van der Waals surface area (Å²) in [6.07, 6.45) is 0. The van der Waals surface area contributed by atoms with Crippen molar-refractivity contribution in [3.63, 3.8) is 0 Å². The Morgan fingerprint density at radius 3 is 2.76 bits per heavy atom. The molecule has 1 aromatic carbocycles. The molecule has 0 atom stereocenters. The lowest BCUT2D eigenvalue weighted by molar-refractivity contribution is 0.0941. The van der Waals surface area contributed by atoms with Crippen LogP contribution in [0.4, 0.5) is 0 Å². The number of carbonyl (C=O) groups excluding carboxylic acids is 1. The molecule has 0 heterocycles. The first-order valence-corrected chi connectivity index (χ1v) is 5.35. The molecule has 0 saturated heterocycles. The fourth-order valence-electron chi connectivity index (χ4n) is 1.28. The van der Waals surface area contributed by atoms with E-state index in [9.17, 15) is 9.90 Å². The summed E-state index contributed by atoms with van der Waals surface area (Å²) in [5.74, 6) is -0.380. The van der Waals surface area contributed by atoms with E-state index >= 15 is 0 Å². The third kappa shape index (κ3) is 3.22. The summed E-state index contributed by atoms with van der Waals surface area (Å²) in [7, 11) is 0. The lowest BCUT2D eigenvalue weighted by atomic mass is 9.96. The van der Waals surface area contributed by atoms with E-state index < -0.39 is 5.41 Å². The first kappa shape index (κ1) is 13.0. The number of aryl methyl sites for hydroxylation is 1. The highest BCUT2D eigenvalue weighted by molar-refractivity contribution is 5.97. The lowest BCUT2D eigenvalue weighted by Gasteiger charge is -2.16. The third-order valence-electron chi connectivity index (χ3n) is 2.48. The Balaban J connectivity index is 2.79. The molecule has 0 fully saturated rings. The van der Waals surface area contributed by atoms with Gasteiger partial charge in [0, 0.05) is 6.54 Å². The van der Waals surface area contributed by atoms with Gasteiger partial charge in [0.1, 0.15) is 5.75 Å². The van der Waals surface area contributed by atoms with Crippen LogP contribution in [0.2, 0.25) is 0 Å². The van der Waals surface area contributed by atoms with E-state index in [0.717, 1.165) is 0 Å². The van der Waals surface area contributed by atoms with E-state index in [1.807, 2.05) is 0 Å². The van der Waals surface area contributed by atoms with Crippen molar-refractivity contribution >= 4 is 5.91 Å². The number of hydrogen-bond donors (Lipinski definition) is 2. The van der Waals surface area contributed by atoms with E-state index in [1.54, 1.807) is 39.0 Å². The van der Waals surface area contributed by atoms with E-state index in [2.05, 4.69) is 11.4 Å². The molecule has 0 bridgehead atoms. The quantitative estimate of drug-likeness (QED) is 0.836. The van der Waals surface area contributed by atoms with Gasteiger partial charge >= 0.3 is 0 Å². The number of para-hydroxylation sites is 1. The second-order valence-electron chi connectivity index (χ2n) is 4.65. The first-order valence-electron chi connectivity index (χ1n) is 5.35. The lowest BCUT2D eigenvalue weighted by Crippen LogP contribution is -2.33. The SMILES string of the molecule is Cc1cccc(C(=O)NCC(C)(C)C#N)c1O. The number of nitrogens with zero attached hydrogens (tertiary/aromatic N) is 1. The van der Waals surface area contributed by atoms with E-state index in [1.165, 1.54) is 0 Å². The van der Waals surface area contributed by atoms with E-state index in [0.29, 0.717) is 5.56 Å². The number of phenolic OH excluding ortho intramolecular Hbond substituents is 1. The Morgan fingerprint density at radius 1 is 1.53 bits per heavy atom. The molecule has 4 nitrogen and oxygen atoms in total. The monoisotopic (exact) mass is 232 g/mol. The molecule has 1 aromatic rings. The van der Waals surface area contributed by atoms with Gasteiger partial charge in [-0.15, -0.1) is 0 Å². The van der Waals surface area contributed by atoms with Gasteiger partial charge in [0.25, 0.3) is 5.91 Å². The number of phenols is 1. The second-order valence-corrected chi connectivity index (χ2v) is 4.65. The predicted octanol–water partition coefficient (Wildman–Crippen LogP) is 1.98. The van der Waals surface area contributed by atoms with E-state index in [4.69, 9.17) is 5.26 Å². The molecule has 0 aliphatic rings. The Morgan fingerprint density at radius 2 is 2.18 bits per heavy atom. The molecule has 4 heteroatoms. The average Bonchev–Trinajstić information content (AvgIpc) is 2.30. The van der Waals surface area contributed by atoms with Crippen LogP contribution in [-0.2, 0) is 0 Å². The largest absolute Gasteiger partial charge is 0.507 e. The Hall–Kier alpha value is -2.02. The van der Waals surface area contributed by atoms with Crippen molar-refractivity contribution < 1.29 is 9.90 Å². The molecule has 0 saturated carbocycles. The molecular weight excluding hydrogens is 216 g/mol. The van der Waals surface area contributed by atoms with Crippen molar-refractivity contribution in [3.8, 4) is 11.8 Å². The molecule has 1 amide bonds. The van der Waals surface area contributed by atoms with Crippen LogP contribution < -0.4 is 5.32 Å². The molecule has 90 valence electrons. The van der Waals surface area contributed by atoms with E-state index in [-0.39, 0.29) is 23.8 Å². The van der Waals surface area contributed by atoms with Crippen LogP contribution in [0.1, 0.15) is 29.8 Å². The number of nitriles is 1. The third-order valence-corrected chi connectivity index (χ3v) is 2.48. The normalized spacial score (nSPS) is 10.7. The Bertz CT molecular complexity index is 473. The molecular formula is C13H16N2O2. The standard InChI is InChI=1S/C13H16N2O2/c1-9-5-4-6-10(11(9)16)12(17)15-8-13(2,3)7-14/h4-6,16H,8H2,1-3H3,(H,15,17). The summed E-state index contributed by atoms with van der Waals surface area (Å²) in [5.41, 5.74) is 0.269. The molecule has 0 spiro atoms. The van der Waals surface area contributed by atoms with Gasteiger partial charge in [-0.2, -0.15) is 5.26 Å². The van der Waals surface area contributed by atoms with Gasteiger partial charge in [0.2, 0.25) is 0 Å². The zero-order chi connectivity index (χ0) is 13.1. The van der Waals surface area contributed by atoms with Crippen molar-refractivity contribution in [2.75, 3.05) is 6.54 Å². The topological polar surface area (TPSA) is 73.1 Å². The predicted molar refractivity (Wildman–Crippen MR) is 64.6 cm³/mol. The fourth-order valence-corrected chi connectivity index (χ4v) is 1.28. The van der Waals surface area contributed by atoms with Crippen LogP contribution in [0.15, 0.2) is 18.2 Å². The van der Waals surface area contributed by atoms with Crippen molar-refractivity contribution in [1.82, 2.24) is 5.32 Å². The maximum Gasteiger partial charge on any atom is 0.255 e. The number of nitrogens with one attached hydrogen (secondary N) is 1. The highest BCUT2D eigenvalue weighted by Crippen LogP contribution is 2.21. The molecule has 0 unspecified atom stereocenters. The summed E-state index contributed by atoms with van der Waals surface area (Å²) >= 11 is 0. The minimum absolute atomic E-state index is 0.0141. The summed E-state index contributed by atoms with van der Waals surface area (Å²) in [4.78, 5) is 11.8. The number of benzene rings is 1. The van der Waals surface area contributed by atoms with Crippen molar-refractivity contribution in [2.24, 2.45) is 5.41 Å². The van der Waals surface area contributed by atoms with Crippen LogP contribution in [-0.4, -0.2) is 17.6 Å². The first-order chi connectivity index (χ1) is 7.87. The maximum atomic E-state index is 11.8. The van der Waals surface area contributed by atoms with Gasteiger partial charge in [0.05, 0.1) is 17.0 Å². The minimum Gasteiger partial charge on any atom is -0.507 e. The van der Waals surface area contributed by atoms with Crippen LogP contribution in [0.25, 0.3) is 0 Å². The number of carbonyl (C=O) groups is 1. The highest BCUT2D eigenvalue weighted by Gasteiger charge is 2.19. The summed E-state index contributed by atoms with van der Waals surface area (Å²) < 4.78 is 0. The number of hydrogen-bond acceptors (Lipinski definition) is 3. The van der Waals surface area contributed by atoms with Gasteiger partial charge in [-0.05, 0) is 32.4 Å². The van der Waals surface area contributed by atoms with Gasteiger partial charge in [0.15, 0.2) is 0 Å². The molecule has 0 aliphatic carbocycles. The Labute approximate surface area is 101 Å². The number of aromatic hydroxyl groups is 1. The molecule has 0 aromatic heterocycles. The fraction of sp³-hybridized carbons (Fsp3) is 0.385. The van der Waals surface area contributed by atoms with Crippen molar-refractivity contribution in [2.45, 2.75) is 20.8 Å². The Kier molecular flexibility index (Phi) is 3.74. The molecule has 0 aliphatic heterocycles.